The Morgan fingerprint density at radius 2 is 2.00 bits per heavy atom. The van der Waals surface area contributed by atoms with Crippen LogP contribution in [-0.2, 0) is 4.79 Å². The highest BCUT2D eigenvalue weighted by atomic mass is 16.5. The molecule has 1 aliphatic carbocycles. The lowest BCUT2D eigenvalue weighted by atomic mass is 9.85. The number of hydrogen-bond donors (Lipinski definition) is 3. The van der Waals surface area contributed by atoms with Crippen LogP contribution in [0, 0.1) is 5.92 Å². The molecule has 0 aliphatic heterocycles. The number of anilines is 2. The van der Waals surface area contributed by atoms with Crippen LogP contribution in [0.25, 0.3) is 33.5 Å². The van der Waals surface area contributed by atoms with Gasteiger partial charge >= 0.3 is 0 Å². The summed E-state index contributed by atoms with van der Waals surface area (Å²) in [6, 6.07) is 13.5. The molecule has 2 aromatic carbocycles. The van der Waals surface area contributed by atoms with Gasteiger partial charge in [0.05, 0.1) is 25.2 Å². The monoisotopic (exact) mass is 482 g/mol. The maximum absolute atomic E-state index is 12.9. The van der Waals surface area contributed by atoms with Crippen LogP contribution in [0.1, 0.15) is 31.7 Å². The molecule has 0 saturated heterocycles. The second kappa shape index (κ2) is 8.95. The summed E-state index contributed by atoms with van der Waals surface area (Å²) in [7, 11) is 1.61. The first-order chi connectivity index (χ1) is 17.6. The number of amides is 1. The Balaban J connectivity index is 1.20. The van der Waals surface area contributed by atoms with Crippen LogP contribution in [0.5, 0.6) is 5.75 Å². The second-order valence-electron chi connectivity index (χ2n) is 9.16. The Morgan fingerprint density at radius 3 is 2.83 bits per heavy atom. The Kier molecular flexibility index (Phi) is 5.48. The van der Waals surface area contributed by atoms with Crippen molar-refractivity contribution < 1.29 is 9.53 Å². The van der Waals surface area contributed by atoms with Crippen molar-refractivity contribution in [3.05, 3.63) is 55.0 Å². The van der Waals surface area contributed by atoms with Crippen LogP contribution in [0.15, 0.2) is 55.0 Å². The molecule has 3 heterocycles. The van der Waals surface area contributed by atoms with E-state index in [4.69, 9.17) is 15.5 Å². The number of nitrogens with two attached hydrogens (primary N) is 1. The summed E-state index contributed by atoms with van der Waals surface area (Å²) in [5.41, 5.74) is 10.1. The summed E-state index contributed by atoms with van der Waals surface area (Å²) in [6.07, 6.45) is 6.83. The molecule has 1 amide bonds. The van der Waals surface area contributed by atoms with Gasteiger partial charge in [-0.1, -0.05) is 18.2 Å². The van der Waals surface area contributed by atoms with E-state index in [1.807, 2.05) is 42.5 Å². The molecule has 0 bridgehead atoms. The van der Waals surface area contributed by atoms with Gasteiger partial charge in [0, 0.05) is 34.7 Å². The zero-order valence-corrected chi connectivity index (χ0v) is 19.8. The van der Waals surface area contributed by atoms with Crippen LogP contribution in [0.2, 0.25) is 0 Å². The number of aromatic nitrogens is 6. The van der Waals surface area contributed by atoms with Crippen molar-refractivity contribution >= 4 is 39.5 Å². The molecule has 0 spiro atoms. The minimum Gasteiger partial charge on any atom is -0.497 e. The maximum Gasteiger partial charge on any atom is 0.227 e. The molecule has 0 radical (unpaired) electrons. The first-order valence-electron chi connectivity index (χ1n) is 12.0. The fourth-order valence-corrected chi connectivity index (χ4v) is 4.97. The van der Waals surface area contributed by atoms with E-state index in [-0.39, 0.29) is 17.9 Å². The number of fused-ring (bicyclic) bond motifs is 2. The highest BCUT2D eigenvalue weighted by molar-refractivity contribution is 5.92. The number of nitrogens with zero attached hydrogens (tertiary/aromatic N) is 5. The number of carbonyl (C=O) groups is 1. The number of nitrogen functional groups attached to an aromatic ring is 1. The first-order valence-corrected chi connectivity index (χ1v) is 12.0. The molecule has 10 heteroatoms. The first kappa shape index (κ1) is 22.0. The molecule has 0 atom stereocenters. The summed E-state index contributed by atoms with van der Waals surface area (Å²) in [6.45, 7) is 0. The highest BCUT2D eigenvalue weighted by Gasteiger charge is 2.29. The number of rotatable bonds is 5. The minimum absolute atomic E-state index is 0.0419. The number of benzene rings is 2. The van der Waals surface area contributed by atoms with E-state index in [0.717, 1.165) is 47.8 Å². The minimum atomic E-state index is -0.0429. The average molecular weight is 483 g/mol. The lowest BCUT2D eigenvalue weighted by Crippen LogP contribution is -2.28. The maximum atomic E-state index is 12.9. The fraction of sp³-hybridized carbons (Fsp3) is 0.269. The van der Waals surface area contributed by atoms with Crippen molar-refractivity contribution in [3.8, 4) is 17.1 Å². The Bertz CT molecular complexity index is 1570. The zero-order valence-electron chi connectivity index (χ0n) is 19.8. The van der Waals surface area contributed by atoms with Gasteiger partial charge in [-0.3, -0.25) is 9.89 Å². The van der Waals surface area contributed by atoms with Crippen LogP contribution in [-0.4, -0.2) is 42.7 Å². The Morgan fingerprint density at radius 1 is 1.14 bits per heavy atom. The van der Waals surface area contributed by atoms with Gasteiger partial charge in [-0.15, -0.1) is 0 Å². The topological polar surface area (TPSA) is 137 Å². The standard InChI is InChI=1S/C26H26N8O2/c1-36-20-4-2-3-18(12-20)30-26(35)15-7-9-19(10-8-15)34-14-28-22-23(27)31-24(32-25(22)34)16-5-6-17-13-29-33-21(17)11-16/h2-6,11-15,19H,7-10H2,1H3,(H,29,33)(H,30,35)(H2,27,31,32)/t15-,19+. The van der Waals surface area contributed by atoms with Crippen LogP contribution >= 0.6 is 0 Å². The Labute approximate surface area is 206 Å². The summed E-state index contributed by atoms with van der Waals surface area (Å²) in [5.74, 6) is 1.61. The molecule has 182 valence electrons. The van der Waals surface area contributed by atoms with Crippen molar-refractivity contribution in [2.75, 3.05) is 18.2 Å². The third kappa shape index (κ3) is 4.00. The predicted octanol–water partition coefficient (Wildman–Crippen LogP) is 4.33. The zero-order chi connectivity index (χ0) is 24.6. The van der Waals surface area contributed by atoms with Gasteiger partial charge in [-0.05, 0) is 43.9 Å². The molecule has 3 aromatic heterocycles. The van der Waals surface area contributed by atoms with E-state index in [2.05, 4.69) is 30.0 Å². The van der Waals surface area contributed by atoms with Gasteiger partial charge in [0.1, 0.15) is 11.3 Å². The average Bonchev–Trinajstić information content (AvgIpc) is 3.56. The molecular formula is C26H26N8O2. The smallest absolute Gasteiger partial charge is 0.227 e. The number of hydrogen-bond acceptors (Lipinski definition) is 7. The summed E-state index contributed by atoms with van der Waals surface area (Å²) < 4.78 is 7.33. The van der Waals surface area contributed by atoms with E-state index in [1.165, 1.54) is 0 Å². The third-order valence-corrected chi connectivity index (χ3v) is 6.95. The second-order valence-corrected chi connectivity index (χ2v) is 9.16. The number of carbonyl (C=O) groups excluding carboxylic acids is 1. The van der Waals surface area contributed by atoms with E-state index >= 15 is 0 Å². The van der Waals surface area contributed by atoms with Gasteiger partial charge in [-0.2, -0.15) is 5.10 Å². The molecule has 36 heavy (non-hydrogen) atoms. The lowest BCUT2D eigenvalue weighted by molar-refractivity contribution is -0.120. The third-order valence-electron chi connectivity index (χ3n) is 6.95. The molecule has 10 nitrogen and oxygen atoms in total. The predicted molar refractivity (Wildman–Crippen MR) is 137 cm³/mol. The van der Waals surface area contributed by atoms with Crippen molar-refractivity contribution in [3.63, 3.8) is 0 Å². The van der Waals surface area contributed by atoms with Crippen molar-refractivity contribution in [1.82, 2.24) is 29.7 Å². The molecule has 6 rings (SSSR count). The number of nitrogens with one attached hydrogen (secondary N) is 2. The van der Waals surface area contributed by atoms with Crippen molar-refractivity contribution in [2.45, 2.75) is 31.7 Å². The van der Waals surface area contributed by atoms with E-state index in [1.54, 1.807) is 19.6 Å². The van der Waals surface area contributed by atoms with E-state index in [0.29, 0.717) is 28.6 Å². The van der Waals surface area contributed by atoms with E-state index in [9.17, 15) is 4.79 Å². The van der Waals surface area contributed by atoms with Gasteiger partial charge in [-0.25, -0.2) is 15.0 Å². The number of methoxy groups -OCH3 is 1. The van der Waals surface area contributed by atoms with Gasteiger partial charge < -0.3 is 20.4 Å². The largest absolute Gasteiger partial charge is 0.497 e. The quantitative estimate of drug-likeness (QED) is 0.339. The Hall–Kier alpha value is -4.47. The van der Waals surface area contributed by atoms with Crippen LogP contribution < -0.4 is 15.8 Å². The van der Waals surface area contributed by atoms with Gasteiger partial charge in [0.2, 0.25) is 5.91 Å². The summed E-state index contributed by atoms with van der Waals surface area (Å²) in [5, 5.41) is 11.1. The van der Waals surface area contributed by atoms with Gasteiger partial charge in [0.25, 0.3) is 0 Å². The van der Waals surface area contributed by atoms with Crippen molar-refractivity contribution in [2.24, 2.45) is 5.92 Å². The molecule has 1 fully saturated rings. The number of imidazole rings is 1. The molecule has 4 N–H and O–H groups in total. The van der Waals surface area contributed by atoms with Crippen LogP contribution in [0.3, 0.4) is 0 Å². The number of ether oxygens (including phenoxy) is 1. The lowest BCUT2D eigenvalue weighted by Gasteiger charge is -2.28. The van der Waals surface area contributed by atoms with Crippen molar-refractivity contribution in [1.29, 1.82) is 0 Å². The number of H-pyrrole nitrogens is 1. The summed E-state index contributed by atoms with van der Waals surface area (Å²) >= 11 is 0. The number of aromatic amines is 1. The molecule has 5 aromatic rings. The molecule has 1 aliphatic rings. The fourth-order valence-electron chi connectivity index (χ4n) is 4.97. The molecule has 1 saturated carbocycles. The van der Waals surface area contributed by atoms with Crippen LogP contribution in [0.4, 0.5) is 11.5 Å². The SMILES string of the molecule is COc1cccc(NC(=O)[C@H]2CC[C@@H](n3cnc4c(N)nc(-c5ccc6cn[nH]c6c5)nc43)CC2)c1. The highest BCUT2D eigenvalue weighted by Crippen LogP contribution is 2.35. The molecule has 0 unspecified atom stereocenters. The van der Waals surface area contributed by atoms with E-state index < -0.39 is 0 Å². The van der Waals surface area contributed by atoms with Gasteiger partial charge in [0.15, 0.2) is 17.3 Å². The normalized spacial score (nSPS) is 17.9. The summed E-state index contributed by atoms with van der Waals surface area (Å²) in [4.78, 5) is 26.7. The molecular weight excluding hydrogens is 456 g/mol.